The molecule has 1 aromatic rings. The van der Waals surface area contributed by atoms with Crippen molar-refractivity contribution >= 4 is 11.6 Å². The van der Waals surface area contributed by atoms with Gasteiger partial charge in [0.15, 0.2) is 0 Å². The average Bonchev–Trinajstić information content (AvgIpc) is 2.20. The molecule has 0 saturated carbocycles. The van der Waals surface area contributed by atoms with Gasteiger partial charge in [0, 0.05) is 17.1 Å². The molecule has 1 saturated heterocycles. The second-order valence-corrected chi connectivity index (χ2v) is 4.23. The van der Waals surface area contributed by atoms with Gasteiger partial charge < -0.3 is 11.1 Å². The number of piperidine rings is 1. The highest BCUT2D eigenvalue weighted by atomic mass is 35.5. The third-order valence-electron chi connectivity index (χ3n) is 2.74. The van der Waals surface area contributed by atoms with E-state index in [1.807, 2.05) is 24.3 Å². The summed E-state index contributed by atoms with van der Waals surface area (Å²) in [5, 5.41) is 4.21. The zero-order chi connectivity index (χ0) is 9.97. The molecule has 0 amide bonds. The minimum absolute atomic E-state index is 0.227. The van der Waals surface area contributed by atoms with E-state index in [0.717, 1.165) is 18.0 Å². The van der Waals surface area contributed by atoms with Crippen molar-refractivity contribution in [3.8, 4) is 0 Å². The van der Waals surface area contributed by atoms with Crippen LogP contribution in [-0.4, -0.2) is 12.6 Å². The van der Waals surface area contributed by atoms with Gasteiger partial charge in [-0.3, -0.25) is 0 Å². The third-order valence-corrected chi connectivity index (χ3v) is 2.99. The lowest BCUT2D eigenvalue weighted by atomic mass is 9.93. The van der Waals surface area contributed by atoms with Crippen LogP contribution < -0.4 is 11.1 Å². The highest BCUT2D eigenvalue weighted by Crippen LogP contribution is 2.23. The summed E-state index contributed by atoms with van der Waals surface area (Å²) in [6.07, 6.45) is 2.27. The molecule has 1 aliphatic heterocycles. The molecular formula is C11H15ClN2. The highest BCUT2D eigenvalue weighted by molar-refractivity contribution is 6.30. The number of nitrogens with two attached hydrogens (primary N) is 1. The Morgan fingerprint density at radius 2 is 2.00 bits per heavy atom. The van der Waals surface area contributed by atoms with Crippen LogP contribution >= 0.6 is 11.6 Å². The van der Waals surface area contributed by atoms with Gasteiger partial charge in [-0.15, -0.1) is 0 Å². The quantitative estimate of drug-likeness (QED) is 0.745. The molecule has 1 aromatic carbocycles. The van der Waals surface area contributed by atoms with E-state index in [0.29, 0.717) is 6.04 Å². The first-order valence-electron chi connectivity index (χ1n) is 5.02. The van der Waals surface area contributed by atoms with Crippen molar-refractivity contribution in [1.82, 2.24) is 5.32 Å². The molecule has 0 bridgehead atoms. The summed E-state index contributed by atoms with van der Waals surface area (Å²) in [5.41, 5.74) is 7.29. The summed E-state index contributed by atoms with van der Waals surface area (Å²) < 4.78 is 0. The fourth-order valence-corrected chi connectivity index (χ4v) is 2.07. The molecule has 1 fully saturated rings. The van der Waals surface area contributed by atoms with Gasteiger partial charge >= 0.3 is 0 Å². The van der Waals surface area contributed by atoms with Crippen LogP contribution in [0.4, 0.5) is 0 Å². The maximum absolute atomic E-state index is 6.05. The monoisotopic (exact) mass is 210 g/mol. The second-order valence-electron chi connectivity index (χ2n) is 3.79. The summed E-state index contributed by atoms with van der Waals surface area (Å²) in [5.74, 6) is 0. The van der Waals surface area contributed by atoms with E-state index in [1.165, 1.54) is 12.0 Å². The van der Waals surface area contributed by atoms with Gasteiger partial charge in [0.25, 0.3) is 0 Å². The van der Waals surface area contributed by atoms with E-state index < -0.39 is 0 Å². The molecule has 2 rings (SSSR count). The van der Waals surface area contributed by atoms with Crippen LogP contribution in [0.3, 0.4) is 0 Å². The van der Waals surface area contributed by atoms with Crippen LogP contribution in [-0.2, 0) is 0 Å². The summed E-state index contributed by atoms with van der Waals surface area (Å²) >= 11 is 5.84. The maximum Gasteiger partial charge on any atom is 0.0473 e. The van der Waals surface area contributed by atoms with Crippen molar-refractivity contribution in [1.29, 1.82) is 0 Å². The molecule has 1 aliphatic rings. The Balaban J connectivity index is 2.16. The molecule has 0 radical (unpaired) electrons. The van der Waals surface area contributed by atoms with Gasteiger partial charge in [-0.05, 0) is 37.1 Å². The van der Waals surface area contributed by atoms with E-state index in [9.17, 15) is 0 Å². The molecule has 1 heterocycles. The SMILES string of the molecule is N[C@H]1CCCN[C@@H]1c1ccc(Cl)cc1. The van der Waals surface area contributed by atoms with Gasteiger partial charge in [-0.2, -0.15) is 0 Å². The molecule has 0 aliphatic carbocycles. The Morgan fingerprint density at radius 3 is 2.64 bits per heavy atom. The van der Waals surface area contributed by atoms with E-state index in [2.05, 4.69) is 5.32 Å². The first-order valence-corrected chi connectivity index (χ1v) is 5.39. The molecule has 3 N–H and O–H groups in total. The number of nitrogens with one attached hydrogen (secondary N) is 1. The normalized spacial score (nSPS) is 27.6. The largest absolute Gasteiger partial charge is 0.326 e. The number of halogens is 1. The van der Waals surface area contributed by atoms with E-state index in [4.69, 9.17) is 17.3 Å². The van der Waals surface area contributed by atoms with Crippen LogP contribution in [0.2, 0.25) is 5.02 Å². The lowest BCUT2D eigenvalue weighted by Crippen LogP contribution is -2.42. The van der Waals surface area contributed by atoms with Crippen LogP contribution in [0.25, 0.3) is 0 Å². The second kappa shape index (κ2) is 4.30. The topological polar surface area (TPSA) is 38.0 Å². The summed E-state index contributed by atoms with van der Waals surface area (Å²) in [7, 11) is 0. The third kappa shape index (κ3) is 2.08. The fraction of sp³-hybridized carbons (Fsp3) is 0.455. The molecular weight excluding hydrogens is 196 g/mol. The smallest absolute Gasteiger partial charge is 0.0473 e. The van der Waals surface area contributed by atoms with Crippen LogP contribution in [0.15, 0.2) is 24.3 Å². The Hall–Kier alpha value is -0.570. The molecule has 76 valence electrons. The molecule has 3 heteroatoms. The highest BCUT2D eigenvalue weighted by Gasteiger charge is 2.22. The van der Waals surface area contributed by atoms with Gasteiger partial charge in [0.05, 0.1) is 0 Å². The standard InChI is InChI=1S/C11H15ClN2/c12-9-5-3-8(4-6-9)11-10(13)2-1-7-14-11/h3-6,10-11,14H,1-2,7,13H2/t10-,11+/m0/s1. The Morgan fingerprint density at radius 1 is 1.29 bits per heavy atom. The van der Waals surface area contributed by atoms with Gasteiger partial charge in [-0.1, -0.05) is 23.7 Å². The predicted octanol–water partition coefficient (Wildman–Crippen LogP) is 2.09. The van der Waals surface area contributed by atoms with E-state index in [-0.39, 0.29) is 6.04 Å². The first-order chi connectivity index (χ1) is 6.77. The summed E-state index contributed by atoms with van der Waals surface area (Å²) in [6, 6.07) is 8.45. The fourth-order valence-electron chi connectivity index (χ4n) is 1.95. The predicted molar refractivity (Wildman–Crippen MR) is 59.4 cm³/mol. The molecule has 14 heavy (non-hydrogen) atoms. The van der Waals surface area contributed by atoms with Gasteiger partial charge in [-0.25, -0.2) is 0 Å². The van der Waals surface area contributed by atoms with Crippen LogP contribution in [0.1, 0.15) is 24.4 Å². The zero-order valence-electron chi connectivity index (χ0n) is 8.04. The van der Waals surface area contributed by atoms with Gasteiger partial charge in [0.1, 0.15) is 0 Å². The average molecular weight is 211 g/mol. The number of hydrogen-bond acceptors (Lipinski definition) is 2. The van der Waals surface area contributed by atoms with Crippen molar-refractivity contribution in [2.75, 3.05) is 6.54 Å². The van der Waals surface area contributed by atoms with Crippen molar-refractivity contribution in [3.63, 3.8) is 0 Å². The van der Waals surface area contributed by atoms with Crippen molar-refractivity contribution in [2.24, 2.45) is 5.73 Å². The van der Waals surface area contributed by atoms with Crippen molar-refractivity contribution < 1.29 is 0 Å². The van der Waals surface area contributed by atoms with Crippen molar-refractivity contribution in [3.05, 3.63) is 34.9 Å². The van der Waals surface area contributed by atoms with E-state index >= 15 is 0 Å². The van der Waals surface area contributed by atoms with Gasteiger partial charge in [0.2, 0.25) is 0 Å². The minimum Gasteiger partial charge on any atom is -0.326 e. The Labute approximate surface area is 89.4 Å². The Bertz CT molecular complexity index is 297. The molecule has 2 atom stereocenters. The lowest BCUT2D eigenvalue weighted by Gasteiger charge is -2.30. The van der Waals surface area contributed by atoms with E-state index in [1.54, 1.807) is 0 Å². The minimum atomic E-state index is 0.227. The first kappa shape index (κ1) is 9.97. The molecule has 2 nitrogen and oxygen atoms in total. The number of hydrogen-bond donors (Lipinski definition) is 2. The number of benzene rings is 1. The molecule has 0 spiro atoms. The zero-order valence-corrected chi connectivity index (χ0v) is 8.80. The summed E-state index contributed by atoms with van der Waals surface area (Å²) in [6.45, 7) is 1.06. The Kier molecular flexibility index (Phi) is 3.06. The van der Waals surface area contributed by atoms with Crippen LogP contribution in [0.5, 0.6) is 0 Å². The maximum atomic E-state index is 6.05. The van der Waals surface area contributed by atoms with Crippen LogP contribution in [0, 0.1) is 0 Å². The lowest BCUT2D eigenvalue weighted by molar-refractivity contribution is 0.358. The molecule has 0 unspecified atom stereocenters. The molecule has 0 aromatic heterocycles. The number of rotatable bonds is 1. The summed E-state index contributed by atoms with van der Waals surface area (Å²) in [4.78, 5) is 0. The van der Waals surface area contributed by atoms with Crippen molar-refractivity contribution in [2.45, 2.75) is 24.9 Å².